The number of hydrogen-bond acceptors (Lipinski definition) is 11. The Kier molecular flexibility index (Phi) is 9.19. The molecule has 0 saturated carbocycles. The van der Waals surface area contributed by atoms with E-state index in [4.69, 9.17) is 14.1 Å². The van der Waals surface area contributed by atoms with Crippen LogP contribution in [-0.2, 0) is 24.0 Å². The maximum atomic E-state index is 13.8. The van der Waals surface area contributed by atoms with Crippen LogP contribution in [0.5, 0.6) is 0 Å². The molecule has 1 aromatic heterocycles. The quantitative estimate of drug-likeness (QED) is 0.112. The van der Waals surface area contributed by atoms with Gasteiger partial charge in [-0.2, -0.15) is 9.98 Å². The van der Waals surface area contributed by atoms with E-state index in [0.29, 0.717) is 11.3 Å². The van der Waals surface area contributed by atoms with Crippen molar-refractivity contribution in [2.75, 3.05) is 27.0 Å². The zero-order valence-corrected chi connectivity index (χ0v) is 24.9. The predicted molar refractivity (Wildman–Crippen MR) is 163 cm³/mol. The molecule has 1 fully saturated rings. The van der Waals surface area contributed by atoms with E-state index in [9.17, 15) is 14.4 Å². The molecule has 2 aliphatic rings. The van der Waals surface area contributed by atoms with Crippen LogP contribution in [0.25, 0.3) is 0 Å². The van der Waals surface area contributed by atoms with E-state index in [1.807, 2.05) is 60.7 Å². The normalized spacial score (nSPS) is 18.1. The van der Waals surface area contributed by atoms with Gasteiger partial charge in [0.1, 0.15) is 24.2 Å². The number of thioether (sulfide) groups is 1. The molecule has 2 amide bonds. The molecule has 0 spiro atoms. The number of esters is 1. The second kappa shape index (κ2) is 13.4. The molecule has 0 radical (unpaired) electrons. The summed E-state index contributed by atoms with van der Waals surface area (Å²) in [5.74, 6) is -1.77. The van der Waals surface area contributed by atoms with Gasteiger partial charge in [-0.3, -0.25) is 14.5 Å². The number of nitrogens with zero attached hydrogens (tertiary/aromatic N) is 6. The number of carbonyl (C=O) groups excluding carboxylic acids is 3. The summed E-state index contributed by atoms with van der Waals surface area (Å²) in [7, 11) is 4.78. The van der Waals surface area contributed by atoms with Gasteiger partial charge in [-0.15, -0.1) is 11.8 Å². The molecule has 0 aliphatic carbocycles. The van der Waals surface area contributed by atoms with Crippen molar-refractivity contribution in [2.24, 2.45) is 10.1 Å². The lowest BCUT2D eigenvalue weighted by Crippen LogP contribution is -2.71. The highest BCUT2D eigenvalue weighted by Gasteiger charge is 2.54. The Hall–Kier alpha value is -5.24. The fourth-order valence-corrected chi connectivity index (χ4v) is 5.89. The molecule has 3 heterocycles. The van der Waals surface area contributed by atoms with Crippen LogP contribution in [0.2, 0.25) is 0 Å². The van der Waals surface area contributed by atoms with Gasteiger partial charge in [0.15, 0.2) is 6.10 Å². The van der Waals surface area contributed by atoms with Crippen molar-refractivity contribution in [2.45, 2.75) is 17.5 Å². The maximum absolute atomic E-state index is 13.8. The van der Waals surface area contributed by atoms with Gasteiger partial charge in [-0.1, -0.05) is 83.6 Å². The number of aliphatic imine (C=N–C) groups is 1. The van der Waals surface area contributed by atoms with Gasteiger partial charge in [0, 0.05) is 19.8 Å². The molecule has 2 aliphatic heterocycles. The number of aromatic nitrogens is 2. The third kappa shape index (κ3) is 6.24. The van der Waals surface area contributed by atoms with E-state index >= 15 is 0 Å². The third-order valence-electron chi connectivity index (χ3n) is 6.58. The van der Waals surface area contributed by atoms with E-state index in [2.05, 4.69) is 32.2 Å². The Morgan fingerprint density at radius 1 is 1.16 bits per heavy atom. The summed E-state index contributed by atoms with van der Waals surface area (Å²) < 4.78 is 11.1. The minimum atomic E-state index is -0.971. The summed E-state index contributed by atoms with van der Waals surface area (Å²) in [6.07, 6.45) is 2.27. The Morgan fingerprint density at radius 2 is 1.82 bits per heavy atom. The first kappa shape index (κ1) is 30.2. The zero-order chi connectivity index (χ0) is 31.2. The first-order chi connectivity index (χ1) is 21.3. The van der Waals surface area contributed by atoms with Crippen LogP contribution in [0.3, 0.4) is 0 Å². The number of β-lactam (4-membered cyclic amide) rings is 1. The Labute approximate surface area is 257 Å². The number of benzene rings is 2. The van der Waals surface area contributed by atoms with Gasteiger partial charge < -0.3 is 24.3 Å². The molecule has 5 rings (SSSR count). The standard InChI is InChI=1S/C30H29N7O6S/c1-5-18-16-44-28-22(32-26(38)21(34-41-4)25-33-30(43-35-25)31-17-36(2)3)27(39)37(28)23(18)29(40)42-24(19-12-8-6-9-13-19)20-14-10-7-11-15-20/h5-15,17,22,24,28H,1,16H2,2-4H3,(H,32,38)/b31-17+,34-21+. The molecule has 226 valence electrons. The Balaban J connectivity index is 1.35. The summed E-state index contributed by atoms with van der Waals surface area (Å²) in [6.45, 7) is 3.84. The van der Waals surface area contributed by atoms with Crippen molar-refractivity contribution in [1.29, 1.82) is 0 Å². The zero-order valence-electron chi connectivity index (χ0n) is 24.1. The minimum absolute atomic E-state index is 0.0865. The number of hydrogen-bond donors (Lipinski definition) is 1. The van der Waals surface area contributed by atoms with Crippen LogP contribution in [-0.4, -0.2) is 88.1 Å². The van der Waals surface area contributed by atoms with E-state index < -0.39 is 35.3 Å². The maximum Gasteiger partial charge on any atom is 0.356 e. The van der Waals surface area contributed by atoms with Crippen LogP contribution in [0.15, 0.2) is 99.3 Å². The number of allylic oxidation sites excluding steroid dienone is 1. The first-order valence-electron chi connectivity index (χ1n) is 13.4. The molecular weight excluding hydrogens is 586 g/mol. The number of ether oxygens (including phenoxy) is 1. The Bertz CT molecular complexity index is 1600. The summed E-state index contributed by atoms with van der Waals surface area (Å²) in [5, 5.41) is 9.56. The van der Waals surface area contributed by atoms with Crippen molar-refractivity contribution in [3.8, 4) is 0 Å². The molecule has 1 N–H and O–H groups in total. The molecule has 14 heteroatoms. The minimum Gasteiger partial charge on any atom is -0.448 e. The lowest BCUT2D eigenvalue weighted by Gasteiger charge is -2.49. The monoisotopic (exact) mass is 615 g/mol. The van der Waals surface area contributed by atoms with Crippen LogP contribution in [0.1, 0.15) is 23.1 Å². The van der Waals surface area contributed by atoms with Crippen LogP contribution in [0.4, 0.5) is 6.01 Å². The number of nitrogens with one attached hydrogen (secondary N) is 1. The summed E-state index contributed by atoms with van der Waals surface area (Å²) in [5.41, 5.74) is 1.87. The van der Waals surface area contributed by atoms with E-state index in [1.54, 1.807) is 19.0 Å². The van der Waals surface area contributed by atoms with E-state index in [-0.39, 0.29) is 23.2 Å². The second-order valence-electron chi connectivity index (χ2n) is 9.78. The molecular formula is C30H29N7O6S. The number of carbonyl (C=O) groups is 3. The van der Waals surface area contributed by atoms with Gasteiger partial charge in [0.25, 0.3) is 11.8 Å². The molecule has 13 nitrogen and oxygen atoms in total. The summed E-state index contributed by atoms with van der Waals surface area (Å²) in [4.78, 5) is 56.4. The Morgan fingerprint density at radius 3 is 2.41 bits per heavy atom. The smallest absolute Gasteiger partial charge is 0.356 e. The van der Waals surface area contributed by atoms with Crippen molar-refractivity contribution < 1.29 is 28.5 Å². The van der Waals surface area contributed by atoms with Gasteiger partial charge in [-0.05, 0) is 16.7 Å². The first-order valence-corrected chi connectivity index (χ1v) is 14.4. The van der Waals surface area contributed by atoms with Gasteiger partial charge in [-0.25, -0.2) is 4.79 Å². The number of oxime groups is 1. The molecule has 1 saturated heterocycles. The fourth-order valence-electron chi connectivity index (χ4n) is 4.55. The molecule has 0 bridgehead atoms. The second-order valence-corrected chi connectivity index (χ2v) is 10.9. The number of fused-ring (bicyclic) bond motifs is 1. The molecule has 2 atom stereocenters. The topological polar surface area (TPSA) is 152 Å². The van der Waals surface area contributed by atoms with E-state index in [0.717, 1.165) is 11.1 Å². The van der Waals surface area contributed by atoms with Crippen LogP contribution in [0, 0.1) is 0 Å². The summed E-state index contributed by atoms with van der Waals surface area (Å²) >= 11 is 1.38. The highest BCUT2D eigenvalue weighted by Crippen LogP contribution is 2.42. The molecule has 2 unspecified atom stereocenters. The molecule has 44 heavy (non-hydrogen) atoms. The number of rotatable bonds is 11. The predicted octanol–water partition coefficient (Wildman–Crippen LogP) is 2.81. The van der Waals surface area contributed by atoms with Crippen LogP contribution >= 0.6 is 11.8 Å². The SMILES string of the molecule is C=CC1=C(C(=O)OC(c2ccccc2)c2ccccc2)N2C(=O)C(NC(=O)/C(=N/OC)c3noc(/N=C/N(C)C)n3)C2SC1. The highest BCUT2D eigenvalue weighted by atomic mass is 32.2. The van der Waals surface area contributed by atoms with Crippen molar-refractivity contribution in [3.05, 3.63) is 102 Å². The lowest BCUT2D eigenvalue weighted by atomic mass is 10.0. The van der Waals surface area contributed by atoms with Crippen LogP contribution < -0.4 is 5.32 Å². The largest absolute Gasteiger partial charge is 0.448 e. The molecule has 2 aromatic carbocycles. The van der Waals surface area contributed by atoms with Crippen molar-refractivity contribution in [1.82, 2.24) is 25.3 Å². The van der Waals surface area contributed by atoms with Gasteiger partial charge in [0.2, 0.25) is 11.5 Å². The van der Waals surface area contributed by atoms with Gasteiger partial charge in [0.05, 0.1) is 6.34 Å². The van der Waals surface area contributed by atoms with Crippen molar-refractivity contribution in [3.63, 3.8) is 0 Å². The fraction of sp³-hybridized carbons (Fsp3) is 0.233. The summed E-state index contributed by atoms with van der Waals surface area (Å²) in [6, 6.07) is 17.6. The van der Waals surface area contributed by atoms with Gasteiger partial charge >= 0.3 is 12.0 Å². The molecule has 3 aromatic rings. The van der Waals surface area contributed by atoms with Crippen molar-refractivity contribution >= 4 is 47.6 Å². The highest BCUT2D eigenvalue weighted by molar-refractivity contribution is 8.00. The number of amides is 2. The third-order valence-corrected chi connectivity index (χ3v) is 7.88. The lowest BCUT2D eigenvalue weighted by molar-refractivity contribution is -0.154. The average molecular weight is 616 g/mol. The average Bonchev–Trinajstić information content (AvgIpc) is 3.52. The van der Waals surface area contributed by atoms with E-state index in [1.165, 1.54) is 36.2 Å².